The molecule has 0 unspecified atom stereocenters. The number of carbonyl (C=O) groups excluding carboxylic acids is 4. The quantitative estimate of drug-likeness (QED) is 0.419. The van der Waals surface area contributed by atoms with Crippen molar-refractivity contribution < 1.29 is 23.9 Å². The van der Waals surface area contributed by atoms with Crippen LogP contribution in [0.3, 0.4) is 0 Å². The van der Waals surface area contributed by atoms with Gasteiger partial charge in [-0.2, -0.15) is 0 Å². The Labute approximate surface area is 203 Å². The molecule has 2 atom stereocenters. The van der Waals surface area contributed by atoms with E-state index in [0.29, 0.717) is 24.9 Å². The highest BCUT2D eigenvalue weighted by Gasteiger charge is 2.38. The molecule has 0 bridgehead atoms. The van der Waals surface area contributed by atoms with E-state index in [-0.39, 0.29) is 12.3 Å². The predicted molar refractivity (Wildman–Crippen MR) is 129 cm³/mol. The molecule has 1 aliphatic heterocycles. The van der Waals surface area contributed by atoms with Crippen molar-refractivity contribution in [3.63, 3.8) is 0 Å². The molecule has 2 N–H and O–H groups in total. The highest BCUT2D eigenvalue weighted by molar-refractivity contribution is 5.99. The lowest BCUT2D eigenvalue weighted by atomic mass is 10.0. The minimum atomic E-state index is -1.14. The average molecular weight is 477 g/mol. The van der Waals surface area contributed by atoms with Gasteiger partial charge in [-0.25, -0.2) is 9.80 Å². The number of nitrogens with zero attached hydrogens (tertiary/aromatic N) is 2. The van der Waals surface area contributed by atoms with Crippen LogP contribution in [0.1, 0.15) is 35.7 Å². The third-order valence-corrected chi connectivity index (χ3v) is 6.30. The molecule has 0 saturated carbocycles. The van der Waals surface area contributed by atoms with Gasteiger partial charge in [0, 0.05) is 42.6 Å². The Kier molecular flexibility index (Phi) is 7.14. The fourth-order valence-corrected chi connectivity index (χ4v) is 4.52. The molecular weight excluding hydrogens is 448 g/mol. The predicted octanol–water partition coefficient (Wildman–Crippen LogP) is 2.44. The standard InChI is InChI=1S/C26H28N4O5/c1-17(31)29-14-8-13-22(29)24(32)28-30(25(33)18-9-4-3-5-10-18)23(26(34)35-2)15-19-16-27-21-12-7-6-11-20(19)21/h3-7,9-12,16,22-23,27H,8,13-15H2,1-2H3,(H,28,32)/t22-,23-/m0/s1. The first-order chi connectivity index (χ1) is 16.9. The lowest BCUT2D eigenvalue weighted by molar-refractivity contribution is -0.149. The SMILES string of the molecule is COC(=O)[C@H](Cc1c[nH]c2ccccc12)N(NC(=O)[C@@H]1CCCN1C(C)=O)C(=O)c1ccccc1. The Morgan fingerprint density at radius 3 is 2.54 bits per heavy atom. The van der Waals surface area contributed by atoms with Gasteiger partial charge < -0.3 is 14.6 Å². The molecule has 1 fully saturated rings. The zero-order chi connectivity index (χ0) is 24.9. The van der Waals surface area contributed by atoms with Crippen molar-refractivity contribution in [2.24, 2.45) is 0 Å². The number of hydrogen-bond acceptors (Lipinski definition) is 5. The van der Waals surface area contributed by atoms with Gasteiger partial charge in [0.05, 0.1) is 7.11 Å². The number of hydrogen-bond donors (Lipinski definition) is 2. The van der Waals surface area contributed by atoms with Crippen molar-refractivity contribution in [2.75, 3.05) is 13.7 Å². The summed E-state index contributed by atoms with van der Waals surface area (Å²) in [6.45, 7) is 1.88. The van der Waals surface area contributed by atoms with Crippen LogP contribution in [0.15, 0.2) is 60.8 Å². The molecule has 4 rings (SSSR count). The molecule has 0 radical (unpaired) electrons. The molecule has 3 aromatic rings. The van der Waals surface area contributed by atoms with Crippen molar-refractivity contribution in [1.82, 2.24) is 20.3 Å². The van der Waals surface area contributed by atoms with Gasteiger partial charge in [0.2, 0.25) is 5.91 Å². The van der Waals surface area contributed by atoms with E-state index in [1.165, 1.54) is 18.9 Å². The molecule has 9 nitrogen and oxygen atoms in total. The topological polar surface area (TPSA) is 112 Å². The number of benzene rings is 2. The minimum absolute atomic E-state index is 0.108. The number of ether oxygens (including phenoxy) is 1. The number of esters is 1. The summed E-state index contributed by atoms with van der Waals surface area (Å²) >= 11 is 0. The molecule has 1 aromatic heterocycles. The van der Waals surface area contributed by atoms with Gasteiger partial charge in [0.15, 0.2) is 6.04 Å². The lowest BCUT2D eigenvalue weighted by Crippen LogP contribution is -2.59. The van der Waals surface area contributed by atoms with Crippen LogP contribution in [0.5, 0.6) is 0 Å². The molecule has 1 aliphatic rings. The minimum Gasteiger partial charge on any atom is -0.467 e. The molecule has 9 heteroatoms. The zero-order valence-corrected chi connectivity index (χ0v) is 19.7. The van der Waals surface area contributed by atoms with E-state index < -0.39 is 29.9 Å². The van der Waals surface area contributed by atoms with E-state index in [2.05, 4.69) is 10.4 Å². The van der Waals surface area contributed by atoms with Crippen LogP contribution in [0.2, 0.25) is 0 Å². The second kappa shape index (κ2) is 10.4. The monoisotopic (exact) mass is 476 g/mol. The summed E-state index contributed by atoms with van der Waals surface area (Å²) in [5.74, 6) is -1.96. The largest absolute Gasteiger partial charge is 0.467 e. The van der Waals surface area contributed by atoms with Crippen LogP contribution in [0.25, 0.3) is 10.9 Å². The summed E-state index contributed by atoms with van der Waals surface area (Å²) in [5.41, 5.74) is 4.64. The number of aromatic amines is 1. The third-order valence-electron chi connectivity index (χ3n) is 6.30. The maximum atomic E-state index is 13.6. The first kappa shape index (κ1) is 24.0. The number of nitrogens with one attached hydrogen (secondary N) is 2. The highest BCUT2D eigenvalue weighted by atomic mass is 16.5. The van der Waals surface area contributed by atoms with Crippen LogP contribution in [-0.2, 0) is 25.5 Å². The normalized spacial score (nSPS) is 16.1. The molecule has 35 heavy (non-hydrogen) atoms. The van der Waals surface area contributed by atoms with Crippen LogP contribution in [-0.4, -0.2) is 64.3 Å². The van der Waals surface area contributed by atoms with Gasteiger partial charge >= 0.3 is 5.97 Å². The van der Waals surface area contributed by atoms with Crippen molar-refractivity contribution >= 4 is 34.6 Å². The van der Waals surface area contributed by atoms with Gasteiger partial charge in [-0.15, -0.1) is 0 Å². The summed E-state index contributed by atoms with van der Waals surface area (Å²) in [6, 6.07) is 14.2. The van der Waals surface area contributed by atoms with E-state index in [9.17, 15) is 19.2 Å². The van der Waals surface area contributed by atoms with Crippen molar-refractivity contribution in [3.8, 4) is 0 Å². The number of H-pyrrole nitrogens is 1. The molecule has 3 amide bonds. The number of para-hydroxylation sites is 1. The number of methoxy groups -OCH3 is 1. The molecule has 182 valence electrons. The molecule has 2 heterocycles. The third kappa shape index (κ3) is 5.03. The number of rotatable bonds is 6. The van der Waals surface area contributed by atoms with Gasteiger partial charge in [-0.3, -0.25) is 19.8 Å². The number of carbonyl (C=O) groups is 4. The van der Waals surface area contributed by atoms with Crippen LogP contribution in [0, 0.1) is 0 Å². The van der Waals surface area contributed by atoms with Gasteiger partial charge in [-0.1, -0.05) is 36.4 Å². The average Bonchev–Trinajstić information content (AvgIpc) is 3.53. The Bertz CT molecular complexity index is 1240. The Morgan fingerprint density at radius 2 is 1.83 bits per heavy atom. The fraction of sp³-hybridized carbons (Fsp3) is 0.308. The smallest absolute Gasteiger partial charge is 0.331 e. The van der Waals surface area contributed by atoms with Crippen molar-refractivity contribution in [1.29, 1.82) is 0 Å². The van der Waals surface area contributed by atoms with E-state index in [0.717, 1.165) is 21.5 Å². The summed E-state index contributed by atoms with van der Waals surface area (Å²) < 4.78 is 5.05. The number of hydrazine groups is 1. The van der Waals surface area contributed by atoms with Crippen LogP contribution < -0.4 is 5.43 Å². The van der Waals surface area contributed by atoms with Crippen LogP contribution >= 0.6 is 0 Å². The second-order valence-electron chi connectivity index (χ2n) is 8.49. The van der Waals surface area contributed by atoms with Gasteiger partial charge in [0.25, 0.3) is 11.8 Å². The molecule has 0 aliphatic carbocycles. The number of likely N-dealkylation sites (tertiary alicyclic amines) is 1. The fourth-order valence-electron chi connectivity index (χ4n) is 4.52. The first-order valence-electron chi connectivity index (χ1n) is 11.5. The van der Waals surface area contributed by atoms with E-state index in [1.807, 2.05) is 24.3 Å². The molecular formula is C26H28N4O5. The van der Waals surface area contributed by atoms with E-state index in [1.54, 1.807) is 36.5 Å². The lowest BCUT2D eigenvalue weighted by Gasteiger charge is -2.32. The maximum Gasteiger partial charge on any atom is 0.331 e. The Balaban J connectivity index is 1.70. The molecule has 0 spiro atoms. The summed E-state index contributed by atoms with van der Waals surface area (Å²) in [4.78, 5) is 56.5. The first-order valence-corrected chi connectivity index (χ1v) is 11.5. The summed E-state index contributed by atoms with van der Waals surface area (Å²) in [7, 11) is 1.24. The van der Waals surface area contributed by atoms with Crippen molar-refractivity contribution in [3.05, 3.63) is 71.9 Å². The summed E-state index contributed by atoms with van der Waals surface area (Å²) in [6.07, 6.45) is 3.04. The summed E-state index contributed by atoms with van der Waals surface area (Å²) in [5, 5.41) is 1.94. The van der Waals surface area contributed by atoms with E-state index >= 15 is 0 Å². The molecule has 2 aromatic carbocycles. The van der Waals surface area contributed by atoms with E-state index in [4.69, 9.17) is 4.74 Å². The molecule has 1 saturated heterocycles. The second-order valence-corrected chi connectivity index (χ2v) is 8.49. The Morgan fingerprint density at radius 1 is 1.11 bits per heavy atom. The number of fused-ring (bicyclic) bond motifs is 1. The number of amides is 3. The van der Waals surface area contributed by atoms with Gasteiger partial charge in [0.1, 0.15) is 6.04 Å². The zero-order valence-electron chi connectivity index (χ0n) is 19.7. The van der Waals surface area contributed by atoms with Gasteiger partial charge in [-0.05, 0) is 36.6 Å². The number of aromatic nitrogens is 1. The highest BCUT2D eigenvalue weighted by Crippen LogP contribution is 2.23. The van der Waals surface area contributed by atoms with Crippen LogP contribution in [0.4, 0.5) is 0 Å². The van der Waals surface area contributed by atoms with Crippen molar-refractivity contribution in [2.45, 2.75) is 38.3 Å². The Hall–Kier alpha value is -4.14. The maximum absolute atomic E-state index is 13.6.